The molecule has 0 aromatic heterocycles. The third kappa shape index (κ3) is 7.84. The van der Waals surface area contributed by atoms with Crippen LogP contribution in [0.3, 0.4) is 0 Å². The molecule has 2 heteroatoms. The van der Waals surface area contributed by atoms with E-state index in [1.807, 2.05) is 0 Å². The Labute approximate surface area is 88.5 Å². The Kier molecular flexibility index (Phi) is 8.30. The van der Waals surface area contributed by atoms with E-state index in [4.69, 9.17) is 0 Å². The molecule has 14 heavy (non-hydrogen) atoms. The van der Waals surface area contributed by atoms with E-state index in [-0.39, 0.29) is 0 Å². The van der Waals surface area contributed by atoms with Crippen molar-refractivity contribution < 1.29 is 0 Å². The zero-order valence-corrected chi connectivity index (χ0v) is 10.0. The van der Waals surface area contributed by atoms with E-state index in [0.717, 1.165) is 12.3 Å². The van der Waals surface area contributed by atoms with Crippen LogP contribution in [0.4, 0.5) is 0 Å². The van der Waals surface area contributed by atoms with Crippen molar-refractivity contribution in [1.29, 1.82) is 0 Å². The van der Waals surface area contributed by atoms with Crippen molar-refractivity contribution in [2.45, 2.75) is 46.5 Å². The molecule has 0 heterocycles. The highest BCUT2D eigenvalue weighted by Crippen LogP contribution is 2.10. The Balaban J connectivity index is 3.54. The normalized spacial score (nSPS) is 12.8. The minimum Gasteiger partial charge on any atom is -0.351 e. The Bertz CT molecular complexity index is 181. The molecule has 0 bridgehead atoms. The van der Waals surface area contributed by atoms with Gasteiger partial charge in [-0.2, -0.15) is 0 Å². The predicted octanol–water partition coefficient (Wildman–Crippen LogP) is 3.35. The Morgan fingerprint density at radius 3 is 2.57 bits per heavy atom. The first-order chi connectivity index (χ1) is 6.70. The molecule has 0 aliphatic carbocycles. The van der Waals surface area contributed by atoms with Crippen LogP contribution in [0.5, 0.6) is 0 Å². The molecular weight excluding hydrogens is 172 g/mol. The summed E-state index contributed by atoms with van der Waals surface area (Å²) in [6.45, 7) is 6.62. The highest BCUT2D eigenvalue weighted by Gasteiger charge is 1.96. The SMILES string of the molecule is C/C=C(/CCCCC(C)C)NC=NC. The molecule has 0 spiro atoms. The molecule has 0 aromatic carbocycles. The van der Waals surface area contributed by atoms with Gasteiger partial charge in [0.2, 0.25) is 0 Å². The first-order valence-corrected chi connectivity index (χ1v) is 5.53. The van der Waals surface area contributed by atoms with Gasteiger partial charge in [0.05, 0.1) is 6.34 Å². The van der Waals surface area contributed by atoms with E-state index in [2.05, 4.69) is 37.2 Å². The number of hydrogen-bond donors (Lipinski definition) is 1. The van der Waals surface area contributed by atoms with Gasteiger partial charge >= 0.3 is 0 Å². The van der Waals surface area contributed by atoms with Crippen LogP contribution in [-0.2, 0) is 0 Å². The lowest BCUT2D eigenvalue weighted by Gasteiger charge is -2.07. The fourth-order valence-electron chi connectivity index (χ4n) is 1.32. The highest BCUT2D eigenvalue weighted by molar-refractivity contribution is 5.56. The number of hydrogen-bond acceptors (Lipinski definition) is 1. The van der Waals surface area contributed by atoms with E-state index in [0.29, 0.717) is 0 Å². The van der Waals surface area contributed by atoms with Gasteiger partial charge in [-0.05, 0) is 25.7 Å². The van der Waals surface area contributed by atoms with E-state index in [1.54, 1.807) is 13.4 Å². The van der Waals surface area contributed by atoms with Gasteiger partial charge in [-0.15, -0.1) is 0 Å². The van der Waals surface area contributed by atoms with Crippen LogP contribution in [0.15, 0.2) is 16.8 Å². The highest BCUT2D eigenvalue weighted by atomic mass is 14.9. The summed E-state index contributed by atoms with van der Waals surface area (Å²) in [6.07, 6.45) is 8.92. The molecule has 0 amide bonds. The zero-order chi connectivity index (χ0) is 10.8. The van der Waals surface area contributed by atoms with Crippen molar-refractivity contribution in [2.75, 3.05) is 7.05 Å². The number of aliphatic imine (C=N–C) groups is 1. The minimum absolute atomic E-state index is 0.828. The molecule has 0 unspecified atom stereocenters. The third-order valence-corrected chi connectivity index (χ3v) is 2.21. The summed E-state index contributed by atoms with van der Waals surface area (Å²) in [7, 11) is 1.78. The van der Waals surface area contributed by atoms with Crippen molar-refractivity contribution in [3.63, 3.8) is 0 Å². The number of rotatable bonds is 7. The van der Waals surface area contributed by atoms with Crippen LogP contribution < -0.4 is 5.32 Å². The number of allylic oxidation sites excluding steroid dienone is 2. The fraction of sp³-hybridized carbons (Fsp3) is 0.750. The van der Waals surface area contributed by atoms with E-state index < -0.39 is 0 Å². The zero-order valence-electron chi connectivity index (χ0n) is 10.0. The average molecular weight is 196 g/mol. The molecule has 82 valence electrons. The molecule has 0 aliphatic heterocycles. The lowest BCUT2D eigenvalue weighted by atomic mass is 10.0. The van der Waals surface area contributed by atoms with Crippen molar-refractivity contribution >= 4 is 6.34 Å². The minimum atomic E-state index is 0.828. The van der Waals surface area contributed by atoms with Crippen LogP contribution in [-0.4, -0.2) is 13.4 Å². The molecule has 0 saturated heterocycles. The number of nitrogens with one attached hydrogen (secondary N) is 1. The second-order valence-electron chi connectivity index (χ2n) is 3.99. The summed E-state index contributed by atoms with van der Waals surface area (Å²) in [5.41, 5.74) is 1.28. The van der Waals surface area contributed by atoms with E-state index in [9.17, 15) is 0 Å². The lowest BCUT2D eigenvalue weighted by Crippen LogP contribution is -2.10. The lowest BCUT2D eigenvalue weighted by molar-refractivity contribution is 0.535. The molecule has 0 rings (SSSR count). The van der Waals surface area contributed by atoms with E-state index in [1.165, 1.54) is 25.0 Å². The van der Waals surface area contributed by atoms with Gasteiger partial charge in [0.25, 0.3) is 0 Å². The maximum absolute atomic E-state index is 3.90. The Morgan fingerprint density at radius 1 is 1.36 bits per heavy atom. The maximum atomic E-state index is 3.90. The van der Waals surface area contributed by atoms with Crippen molar-refractivity contribution in [1.82, 2.24) is 5.32 Å². The standard InChI is InChI=1S/C12H24N2/c1-5-12(14-10-13-4)9-7-6-8-11(2)3/h5,10-11H,6-9H2,1-4H3,(H,13,14)/b12-5-. The smallest absolute Gasteiger partial charge is 0.0861 e. The summed E-state index contributed by atoms with van der Waals surface area (Å²) in [5.74, 6) is 0.828. The summed E-state index contributed by atoms with van der Waals surface area (Å²) in [6, 6.07) is 0. The maximum Gasteiger partial charge on any atom is 0.0861 e. The van der Waals surface area contributed by atoms with Crippen molar-refractivity contribution in [3.05, 3.63) is 11.8 Å². The quantitative estimate of drug-likeness (QED) is 0.377. The molecular formula is C12H24N2. The topological polar surface area (TPSA) is 24.4 Å². The molecule has 0 radical (unpaired) electrons. The molecule has 0 aliphatic rings. The first-order valence-electron chi connectivity index (χ1n) is 5.53. The molecule has 0 aromatic rings. The van der Waals surface area contributed by atoms with Gasteiger partial charge in [-0.25, -0.2) is 0 Å². The third-order valence-electron chi connectivity index (χ3n) is 2.21. The molecule has 0 fully saturated rings. The molecule has 2 nitrogen and oxygen atoms in total. The summed E-state index contributed by atoms with van der Waals surface area (Å²) < 4.78 is 0. The molecule has 1 N–H and O–H groups in total. The van der Waals surface area contributed by atoms with Gasteiger partial charge in [-0.3, -0.25) is 4.99 Å². The van der Waals surface area contributed by atoms with Crippen molar-refractivity contribution in [2.24, 2.45) is 10.9 Å². The van der Waals surface area contributed by atoms with Gasteiger partial charge in [0, 0.05) is 12.7 Å². The van der Waals surface area contributed by atoms with Crippen LogP contribution >= 0.6 is 0 Å². The number of unbranched alkanes of at least 4 members (excludes halogenated alkanes) is 1. The van der Waals surface area contributed by atoms with Crippen LogP contribution in [0, 0.1) is 5.92 Å². The largest absolute Gasteiger partial charge is 0.351 e. The summed E-state index contributed by atoms with van der Waals surface area (Å²) in [4.78, 5) is 3.90. The monoisotopic (exact) mass is 196 g/mol. The van der Waals surface area contributed by atoms with Gasteiger partial charge in [0.1, 0.15) is 0 Å². The number of nitrogens with zero attached hydrogens (tertiary/aromatic N) is 1. The van der Waals surface area contributed by atoms with Crippen LogP contribution in [0.2, 0.25) is 0 Å². The van der Waals surface area contributed by atoms with Crippen LogP contribution in [0.25, 0.3) is 0 Å². The van der Waals surface area contributed by atoms with Gasteiger partial charge in [0.15, 0.2) is 0 Å². The molecule has 0 saturated carbocycles. The predicted molar refractivity (Wildman–Crippen MR) is 64.6 cm³/mol. The summed E-state index contributed by atoms with van der Waals surface area (Å²) >= 11 is 0. The van der Waals surface area contributed by atoms with Gasteiger partial charge in [-0.1, -0.05) is 32.8 Å². The van der Waals surface area contributed by atoms with Crippen LogP contribution in [0.1, 0.15) is 46.5 Å². The average Bonchev–Trinajstić information content (AvgIpc) is 2.16. The first kappa shape index (κ1) is 13.2. The van der Waals surface area contributed by atoms with E-state index >= 15 is 0 Å². The fourth-order valence-corrected chi connectivity index (χ4v) is 1.32. The Morgan fingerprint density at radius 2 is 2.07 bits per heavy atom. The molecule has 0 atom stereocenters. The van der Waals surface area contributed by atoms with Gasteiger partial charge < -0.3 is 5.32 Å². The summed E-state index contributed by atoms with van der Waals surface area (Å²) in [5, 5.41) is 3.18. The second-order valence-corrected chi connectivity index (χ2v) is 3.99. The van der Waals surface area contributed by atoms with Crippen molar-refractivity contribution in [3.8, 4) is 0 Å². The Hall–Kier alpha value is -0.790. The second kappa shape index (κ2) is 8.79.